The number of nitrogens with one attached hydrogen (secondary N) is 1. The van der Waals surface area contributed by atoms with Gasteiger partial charge in [-0.15, -0.1) is 0 Å². The predicted molar refractivity (Wildman–Crippen MR) is 85.0 cm³/mol. The van der Waals surface area contributed by atoms with E-state index in [1.807, 2.05) is 24.3 Å². The summed E-state index contributed by atoms with van der Waals surface area (Å²) in [7, 11) is 0. The molecule has 118 valence electrons. The summed E-state index contributed by atoms with van der Waals surface area (Å²) in [5.41, 5.74) is 2.96. The maximum absolute atomic E-state index is 11.3. The fourth-order valence-electron chi connectivity index (χ4n) is 3.06. The Hall–Kier alpha value is -2.38. The normalized spacial score (nSPS) is 22.0. The third-order valence-electron chi connectivity index (χ3n) is 4.43. The first-order chi connectivity index (χ1) is 11.2. The van der Waals surface area contributed by atoms with Gasteiger partial charge in [-0.25, -0.2) is 15.4 Å². The minimum absolute atomic E-state index is 0.227. The van der Waals surface area contributed by atoms with Gasteiger partial charge in [-0.3, -0.25) is 10.0 Å². The molecule has 4 rings (SSSR count). The Bertz CT molecular complexity index is 737. The molecule has 3 heterocycles. The minimum atomic E-state index is -0.615. The number of halogens is 1. The largest absolute Gasteiger partial charge is 0.362 e. The van der Waals surface area contributed by atoms with Crippen LogP contribution in [-0.2, 0) is 0 Å². The van der Waals surface area contributed by atoms with Crippen LogP contribution in [0.2, 0.25) is 5.02 Å². The second-order valence-corrected chi connectivity index (χ2v) is 6.06. The molecule has 2 atom stereocenters. The molecular formula is C15H14ClN5O2. The van der Waals surface area contributed by atoms with E-state index < -0.39 is 5.91 Å². The Kier molecular flexibility index (Phi) is 3.32. The van der Waals surface area contributed by atoms with E-state index in [9.17, 15) is 4.79 Å². The first-order valence-electron chi connectivity index (χ1n) is 7.22. The van der Waals surface area contributed by atoms with Crippen LogP contribution < -0.4 is 15.3 Å². The van der Waals surface area contributed by atoms with Crippen LogP contribution in [0.1, 0.15) is 10.4 Å². The third kappa shape index (κ3) is 2.29. The van der Waals surface area contributed by atoms with Crippen LogP contribution in [0, 0.1) is 0 Å². The Morgan fingerprint density at radius 3 is 2.30 bits per heavy atom. The number of carbonyl (C=O) groups excluding carboxylic acids is 1. The number of fused-ring (bicyclic) bond motifs is 1. The third-order valence-corrected chi connectivity index (χ3v) is 4.68. The molecule has 0 spiro atoms. The van der Waals surface area contributed by atoms with Crippen LogP contribution in [0.5, 0.6) is 0 Å². The minimum Gasteiger partial charge on any atom is -0.362 e. The molecule has 0 aliphatic carbocycles. The van der Waals surface area contributed by atoms with Crippen molar-refractivity contribution in [2.75, 3.05) is 22.9 Å². The number of rotatable bonds is 3. The molecule has 1 aromatic heterocycles. The van der Waals surface area contributed by atoms with E-state index >= 15 is 0 Å². The fourth-order valence-corrected chi connectivity index (χ4v) is 3.19. The molecule has 2 aliphatic heterocycles. The maximum Gasteiger partial charge on any atom is 0.277 e. The van der Waals surface area contributed by atoms with E-state index in [-0.39, 0.29) is 5.56 Å². The SMILES string of the molecule is O=C(NO)c1cnc(N2C[C@@H]3C2CN3c2ccc(Cl)cc2)nc1. The van der Waals surface area contributed by atoms with Crippen molar-refractivity contribution in [3.8, 4) is 0 Å². The topological polar surface area (TPSA) is 81.6 Å². The van der Waals surface area contributed by atoms with E-state index in [2.05, 4.69) is 19.8 Å². The maximum atomic E-state index is 11.3. The van der Waals surface area contributed by atoms with Crippen LogP contribution >= 0.6 is 11.6 Å². The number of hydroxylamine groups is 1. The number of benzene rings is 1. The van der Waals surface area contributed by atoms with Crippen molar-refractivity contribution in [2.45, 2.75) is 12.1 Å². The van der Waals surface area contributed by atoms with Crippen molar-refractivity contribution in [2.24, 2.45) is 0 Å². The van der Waals surface area contributed by atoms with Crippen LogP contribution in [0.25, 0.3) is 0 Å². The van der Waals surface area contributed by atoms with E-state index in [4.69, 9.17) is 16.8 Å². The van der Waals surface area contributed by atoms with Gasteiger partial charge in [0.1, 0.15) is 0 Å². The van der Waals surface area contributed by atoms with Gasteiger partial charge in [-0.05, 0) is 24.3 Å². The van der Waals surface area contributed by atoms with E-state index in [1.165, 1.54) is 18.1 Å². The van der Waals surface area contributed by atoms with Gasteiger partial charge in [0, 0.05) is 36.2 Å². The van der Waals surface area contributed by atoms with Crippen LogP contribution in [0.3, 0.4) is 0 Å². The first-order valence-corrected chi connectivity index (χ1v) is 7.60. The monoisotopic (exact) mass is 331 g/mol. The molecule has 2 fully saturated rings. The smallest absolute Gasteiger partial charge is 0.277 e. The second-order valence-electron chi connectivity index (χ2n) is 5.63. The Morgan fingerprint density at radius 2 is 1.74 bits per heavy atom. The number of piperazine rings is 1. The number of aromatic nitrogens is 2. The highest BCUT2D eigenvalue weighted by Crippen LogP contribution is 2.39. The molecular weight excluding hydrogens is 318 g/mol. The lowest BCUT2D eigenvalue weighted by Crippen LogP contribution is -2.79. The number of nitrogens with zero attached hydrogens (tertiary/aromatic N) is 4. The quantitative estimate of drug-likeness (QED) is 0.652. The van der Waals surface area contributed by atoms with Crippen molar-refractivity contribution in [1.82, 2.24) is 15.4 Å². The molecule has 0 radical (unpaired) electrons. The van der Waals surface area contributed by atoms with Gasteiger partial charge in [0.2, 0.25) is 5.95 Å². The Morgan fingerprint density at radius 1 is 1.13 bits per heavy atom. The van der Waals surface area contributed by atoms with Gasteiger partial charge in [0.15, 0.2) is 0 Å². The lowest BCUT2D eigenvalue weighted by Gasteiger charge is -2.62. The number of hydrogen-bond donors (Lipinski definition) is 2. The molecule has 2 aromatic rings. The summed E-state index contributed by atoms with van der Waals surface area (Å²) in [4.78, 5) is 24.1. The molecule has 0 saturated carbocycles. The standard InChI is InChI=1S/C15H14ClN5O2/c16-10-1-3-11(4-2-10)20-7-13-12(20)8-21(13)15-17-5-9(6-18-15)14(22)19-23/h1-6,12-13,23H,7-8H2,(H,19,22)/t12-,13?/m1/s1. The first kappa shape index (κ1) is 14.2. The highest BCUT2D eigenvalue weighted by Gasteiger charge is 2.52. The molecule has 7 nitrogen and oxygen atoms in total. The molecule has 0 bridgehead atoms. The zero-order chi connectivity index (χ0) is 16.0. The number of hydrogen-bond acceptors (Lipinski definition) is 6. The van der Waals surface area contributed by atoms with E-state index in [0.29, 0.717) is 18.0 Å². The highest BCUT2D eigenvalue weighted by molar-refractivity contribution is 6.30. The lowest BCUT2D eigenvalue weighted by molar-refractivity contribution is 0.0705. The fraction of sp³-hybridized carbons (Fsp3) is 0.267. The zero-order valence-electron chi connectivity index (χ0n) is 12.1. The van der Waals surface area contributed by atoms with Crippen molar-refractivity contribution < 1.29 is 10.0 Å². The van der Waals surface area contributed by atoms with Gasteiger partial charge in [0.25, 0.3) is 5.91 Å². The van der Waals surface area contributed by atoms with E-state index in [0.717, 1.165) is 18.1 Å². The molecule has 2 N–H and O–H groups in total. The number of anilines is 2. The van der Waals surface area contributed by atoms with E-state index in [1.54, 1.807) is 5.48 Å². The summed E-state index contributed by atoms with van der Waals surface area (Å²) in [5.74, 6) is -0.00732. The zero-order valence-corrected chi connectivity index (χ0v) is 12.8. The summed E-state index contributed by atoms with van der Waals surface area (Å²) in [5, 5.41) is 9.32. The summed E-state index contributed by atoms with van der Waals surface area (Å²) in [6, 6.07) is 8.70. The summed E-state index contributed by atoms with van der Waals surface area (Å²) in [6.07, 6.45) is 2.83. The predicted octanol–water partition coefficient (Wildman–Crippen LogP) is 1.33. The van der Waals surface area contributed by atoms with Crippen LogP contribution in [-0.4, -0.2) is 46.3 Å². The number of amides is 1. The van der Waals surface area contributed by atoms with Gasteiger partial charge in [-0.1, -0.05) is 11.6 Å². The summed E-state index contributed by atoms with van der Waals surface area (Å²) in [6.45, 7) is 1.76. The van der Waals surface area contributed by atoms with Crippen LogP contribution in [0.4, 0.5) is 11.6 Å². The average molecular weight is 332 g/mol. The molecule has 2 aliphatic rings. The average Bonchev–Trinajstić information content (AvgIpc) is 2.57. The van der Waals surface area contributed by atoms with Crippen molar-refractivity contribution in [3.63, 3.8) is 0 Å². The summed E-state index contributed by atoms with van der Waals surface area (Å²) < 4.78 is 0. The highest BCUT2D eigenvalue weighted by atomic mass is 35.5. The number of carbonyl (C=O) groups is 1. The van der Waals surface area contributed by atoms with Crippen LogP contribution in [0.15, 0.2) is 36.7 Å². The molecule has 23 heavy (non-hydrogen) atoms. The Balaban J connectivity index is 1.42. The second kappa shape index (κ2) is 5.36. The van der Waals surface area contributed by atoms with Gasteiger partial charge < -0.3 is 9.80 Å². The van der Waals surface area contributed by atoms with Crippen molar-refractivity contribution in [1.29, 1.82) is 0 Å². The molecule has 2 saturated heterocycles. The molecule has 8 heteroatoms. The van der Waals surface area contributed by atoms with Gasteiger partial charge in [-0.2, -0.15) is 0 Å². The Labute approximate surface area is 137 Å². The molecule has 1 unspecified atom stereocenters. The van der Waals surface area contributed by atoms with Crippen molar-refractivity contribution in [3.05, 3.63) is 47.2 Å². The van der Waals surface area contributed by atoms with Gasteiger partial charge >= 0.3 is 0 Å². The lowest BCUT2D eigenvalue weighted by atomic mass is 9.85. The van der Waals surface area contributed by atoms with Gasteiger partial charge in [0.05, 0.1) is 17.6 Å². The molecule has 1 amide bonds. The van der Waals surface area contributed by atoms with Crippen molar-refractivity contribution >= 4 is 29.1 Å². The summed E-state index contributed by atoms with van der Waals surface area (Å²) >= 11 is 5.92. The molecule has 1 aromatic carbocycles.